The third kappa shape index (κ3) is 2.47. The Morgan fingerprint density at radius 2 is 1.71 bits per heavy atom. The molecule has 0 bridgehead atoms. The highest BCUT2D eigenvalue weighted by Gasteiger charge is 2.56. The standard InChI is InChI=1S/C14H22ClNO/c15-10-6-4-9(5-7-10)8-16-14(17)13-11-2-1-3-12(11)13/h9-13H,1-8H2,(H,16,17). The van der Waals surface area contributed by atoms with E-state index >= 15 is 0 Å². The van der Waals surface area contributed by atoms with E-state index in [0.717, 1.165) is 31.2 Å². The highest BCUT2D eigenvalue weighted by molar-refractivity contribution is 6.20. The van der Waals surface area contributed by atoms with Gasteiger partial charge >= 0.3 is 0 Å². The summed E-state index contributed by atoms with van der Waals surface area (Å²) in [6.07, 6.45) is 8.55. The number of amides is 1. The first kappa shape index (κ1) is 11.8. The van der Waals surface area contributed by atoms with Gasteiger partial charge in [-0.25, -0.2) is 0 Å². The molecule has 0 spiro atoms. The molecule has 3 heteroatoms. The fraction of sp³-hybridized carbons (Fsp3) is 0.929. The number of carbonyl (C=O) groups is 1. The van der Waals surface area contributed by atoms with Crippen LogP contribution in [0.5, 0.6) is 0 Å². The largest absolute Gasteiger partial charge is 0.356 e. The Morgan fingerprint density at radius 1 is 1.06 bits per heavy atom. The summed E-state index contributed by atoms with van der Waals surface area (Å²) >= 11 is 6.08. The molecule has 0 aromatic heterocycles. The fourth-order valence-electron chi connectivity index (χ4n) is 3.90. The Balaban J connectivity index is 1.38. The van der Waals surface area contributed by atoms with Gasteiger partial charge in [-0.15, -0.1) is 11.6 Å². The molecular weight excluding hydrogens is 234 g/mol. The highest BCUT2D eigenvalue weighted by Crippen LogP contribution is 2.57. The summed E-state index contributed by atoms with van der Waals surface area (Å²) in [5.41, 5.74) is 0. The summed E-state index contributed by atoms with van der Waals surface area (Å²) in [5.74, 6) is 2.88. The van der Waals surface area contributed by atoms with E-state index in [4.69, 9.17) is 11.6 Å². The van der Waals surface area contributed by atoms with Gasteiger partial charge in [0, 0.05) is 17.8 Å². The first-order chi connectivity index (χ1) is 8.25. The van der Waals surface area contributed by atoms with Gasteiger partial charge in [0.05, 0.1) is 0 Å². The molecule has 0 aromatic carbocycles. The molecule has 0 heterocycles. The van der Waals surface area contributed by atoms with Crippen molar-refractivity contribution in [1.82, 2.24) is 5.32 Å². The SMILES string of the molecule is O=C(NCC1CCC(Cl)CC1)C1C2CCCC21. The van der Waals surface area contributed by atoms with Crippen LogP contribution in [0, 0.1) is 23.7 Å². The van der Waals surface area contributed by atoms with Gasteiger partial charge in [-0.3, -0.25) is 4.79 Å². The van der Waals surface area contributed by atoms with Crippen molar-refractivity contribution in [2.45, 2.75) is 50.3 Å². The summed E-state index contributed by atoms with van der Waals surface area (Å²) in [4.78, 5) is 12.0. The Bertz CT molecular complexity index is 289. The van der Waals surface area contributed by atoms with Crippen LogP contribution in [0.25, 0.3) is 0 Å². The van der Waals surface area contributed by atoms with Crippen LogP contribution in [0.1, 0.15) is 44.9 Å². The Kier molecular flexibility index (Phi) is 3.34. The number of halogens is 1. The van der Waals surface area contributed by atoms with Crippen LogP contribution in [0.2, 0.25) is 0 Å². The first-order valence-electron chi connectivity index (χ1n) is 7.17. The molecule has 0 radical (unpaired) electrons. The molecule has 3 aliphatic rings. The second-order valence-electron chi connectivity index (χ2n) is 6.15. The van der Waals surface area contributed by atoms with Gasteiger partial charge in [-0.2, -0.15) is 0 Å². The van der Waals surface area contributed by atoms with Crippen molar-refractivity contribution < 1.29 is 4.79 Å². The molecule has 3 saturated carbocycles. The molecule has 0 saturated heterocycles. The van der Waals surface area contributed by atoms with E-state index in [1.807, 2.05) is 0 Å². The van der Waals surface area contributed by atoms with Crippen LogP contribution >= 0.6 is 11.6 Å². The van der Waals surface area contributed by atoms with Crippen LogP contribution in [0.15, 0.2) is 0 Å². The minimum Gasteiger partial charge on any atom is -0.356 e. The second-order valence-corrected chi connectivity index (χ2v) is 6.76. The van der Waals surface area contributed by atoms with E-state index in [1.165, 1.54) is 32.1 Å². The number of alkyl halides is 1. The summed E-state index contributed by atoms with van der Waals surface area (Å²) in [6, 6.07) is 0. The lowest BCUT2D eigenvalue weighted by Crippen LogP contribution is -2.33. The van der Waals surface area contributed by atoms with E-state index in [-0.39, 0.29) is 0 Å². The van der Waals surface area contributed by atoms with Gasteiger partial charge in [0.15, 0.2) is 0 Å². The number of hydrogen-bond acceptors (Lipinski definition) is 1. The van der Waals surface area contributed by atoms with Crippen LogP contribution in [-0.2, 0) is 4.79 Å². The zero-order valence-electron chi connectivity index (χ0n) is 10.3. The first-order valence-corrected chi connectivity index (χ1v) is 7.61. The van der Waals surface area contributed by atoms with Crippen molar-refractivity contribution in [2.24, 2.45) is 23.7 Å². The molecule has 96 valence electrons. The quantitative estimate of drug-likeness (QED) is 0.772. The zero-order chi connectivity index (χ0) is 11.8. The highest BCUT2D eigenvalue weighted by atomic mass is 35.5. The molecule has 3 aliphatic carbocycles. The molecule has 0 aliphatic heterocycles. The van der Waals surface area contributed by atoms with Crippen molar-refractivity contribution in [3.63, 3.8) is 0 Å². The average Bonchev–Trinajstić information content (AvgIpc) is 2.82. The van der Waals surface area contributed by atoms with E-state index in [2.05, 4.69) is 5.32 Å². The summed E-state index contributed by atoms with van der Waals surface area (Å²) in [7, 11) is 0. The molecule has 3 rings (SSSR count). The van der Waals surface area contributed by atoms with Gasteiger partial charge in [-0.05, 0) is 56.3 Å². The van der Waals surface area contributed by atoms with E-state index in [9.17, 15) is 4.79 Å². The molecular formula is C14H22ClNO. The lowest BCUT2D eigenvalue weighted by atomic mass is 9.89. The second kappa shape index (κ2) is 4.79. The maximum absolute atomic E-state index is 12.0. The smallest absolute Gasteiger partial charge is 0.223 e. The van der Waals surface area contributed by atoms with Crippen molar-refractivity contribution in [1.29, 1.82) is 0 Å². The molecule has 2 nitrogen and oxygen atoms in total. The van der Waals surface area contributed by atoms with Crippen LogP contribution < -0.4 is 5.32 Å². The zero-order valence-corrected chi connectivity index (χ0v) is 11.1. The number of rotatable bonds is 3. The number of hydrogen-bond donors (Lipinski definition) is 1. The minimum atomic E-state index is 0.340. The van der Waals surface area contributed by atoms with Crippen LogP contribution in [0.3, 0.4) is 0 Å². The maximum atomic E-state index is 12.0. The average molecular weight is 256 g/mol. The van der Waals surface area contributed by atoms with E-state index in [1.54, 1.807) is 0 Å². The van der Waals surface area contributed by atoms with Gasteiger partial charge in [0.2, 0.25) is 5.91 Å². The molecule has 2 atom stereocenters. The molecule has 0 aromatic rings. The molecule has 3 fully saturated rings. The summed E-state index contributed by atoms with van der Waals surface area (Å²) < 4.78 is 0. The van der Waals surface area contributed by atoms with E-state index < -0.39 is 0 Å². The fourth-order valence-corrected chi connectivity index (χ4v) is 4.15. The van der Waals surface area contributed by atoms with Crippen LogP contribution in [-0.4, -0.2) is 17.8 Å². The third-order valence-corrected chi connectivity index (χ3v) is 5.49. The van der Waals surface area contributed by atoms with Gasteiger partial charge in [-0.1, -0.05) is 6.42 Å². The van der Waals surface area contributed by atoms with Crippen molar-refractivity contribution in [3.05, 3.63) is 0 Å². The Labute approximate surface area is 108 Å². The molecule has 2 unspecified atom stereocenters. The Hall–Kier alpha value is -0.240. The molecule has 17 heavy (non-hydrogen) atoms. The lowest BCUT2D eigenvalue weighted by Gasteiger charge is -2.25. The van der Waals surface area contributed by atoms with Crippen LogP contribution in [0.4, 0.5) is 0 Å². The third-order valence-electron chi connectivity index (χ3n) is 5.05. The number of fused-ring (bicyclic) bond motifs is 1. The number of nitrogens with one attached hydrogen (secondary N) is 1. The normalized spacial score (nSPS) is 44.2. The molecule has 1 N–H and O–H groups in total. The minimum absolute atomic E-state index is 0.340. The topological polar surface area (TPSA) is 29.1 Å². The van der Waals surface area contributed by atoms with Gasteiger partial charge in [0.25, 0.3) is 0 Å². The molecule has 1 amide bonds. The summed E-state index contributed by atoms with van der Waals surface area (Å²) in [5, 5.41) is 3.56. The van der Waals surface area contributed by atoms with E-state index in [0.29, 0.717) is 23.1 Å². The monoisotopic (exact) mass is 255 g/mol. The predicted octanol–water partition coefficient (Wildman–Crippen LogP) is 2.95. The lowest BCUT2D eigenvalue weighted by molar-refractivity contribution is -0.123. The Morgan fingerprint density at radius 3 is 2.35 bits per heavy atom. The predicted molar refractivity (Wildman–Crippen MR) is 68.9 cm³/mol. The van der Waals surface area contributed by atoms with Gasteiger partial charge in [0.1, 0.15) is 0 Å². The maximum Gasteiger partial charge on any atom is 0.223 e. The summed E-state index contributed by atoms with van der Waals surface area (Å²) in [6.45, 7) is 0.887. The number of carbonyl (C=O) groups excluding carboxylic acids is 1. The van der Waals surface area contributed by atoms with Gasteiger partial charge < -0.3 is 5.32 Å². The van der Waals surface area contributed by atoms with Crippen molar-refractivity contribution in [2.75, 3.05) is 6.54 Å². The van der Waals surface area contributed by atoms with Crippen molar-refractivity contribution in [3.8, 4) is 0 Å². The van der Waals surface area contributed by atoms with Crippen molar-refractivity contribution >= 4 is 17.5 Å².